The predicted octanol–water partition coefficient (Wildman–Crippen LogP) is 3.05. The molecular weight excluding hydrogens is 230 g/mol. The molecule has 0 aliphatic heterocycles. The lowest BCUT2D eigenvalue weighted by molar-refractivity contribution is -0.485. The van der Waals surface area contributed by atoms with Crippen molar-refractivity contribution in [3.05, 3.63) is 46.0 Å². The summed E-state index contributed by atoms with van der Waals surface area (Å²) in [7, 11) is 0. The lowest BCUT2D eigenvalue weighted by Gasteiger charge is -2.30. The van der Waals surface area contributed by atoms with E-state index in [0.717, 1.165) is 18.3 Å². The summed E-state index contributed by atoms with van der Waals surface area (Å²) in [5.41, 5.74) is 0.181. The summed E-state index contributed by atoms with van der Waals surface area (Å²) < 4.78 is 0. The third kappa shape index (κ3) is 3.39. The average molecular weight is 249 g/mol. The highest BCUT2D eigenvalue weighted by molar-refractivity contribution is 5.61. The zero-order chi connectivity index (χ0) is 13.6. The van der Waals surface area contributed by atoms with Gasteiger partial charge in [-0.3, -0.25) is 10.1 Å². The van der Waals surface area contributed by atoms with Crippen molar-refractivity contribution in [3.63, 3.8) is 0 Å². The van der Waals surface area contributed by atoms with Gasteiger partial charge in [-0.15, -0.1) is 0 Å². The van der Waals surface area contributed by atoms with Crippen molar-refractivity contribution in [1.29, 1.82) is 0 Å². The fourth-order valence-corrected chi connectivity index (χ4v) is 2.38. The number of nitro groups is 1. The SMILES string of the molecule is CCC[C@](C)(C=O)[C@@H](C[N+](=O)[O-])c1ccccc1. The Morgan fingerprint density at radius 2 is 2.00 bits per heavy atom. The molecule has 0 bridgehead atoms. The maximum atomic E-state index is 11.4. The van der Waals surface area contributed by atoms with E-state index in [0.29, 0.717) is 6.42 Å². The minimum atomic E-state index is -0.677. The molecule has 0 saturated heterocycles. The zero-order valence-corrected chi connectivity index (χ0v) is 10.8. The van der Waals surface area contributed by atoms with E-state index in [-0.39, 0.29) is 17.4 Å². The van der Waals surface area contributed by atoms with Gasteiger partial charge < -0.3 is 4.79 Å². The molecule has 0 aliphatic carbocycles. The van der Waals surface area contributed by atoms with Crippen molar-refractivity contribution in [2.24, 2.45) is 5.41 Å². The van der Waals surface area contributed by atoms with Crippen molar-refractivity contribution in [1.82, 2.24) is 0 Å². The Labute approximate surface area is 107 Å². The van der Waals surface area contributed by atoms with Gasteiger partial charge in [-0.25, -0.2) is 0 Å². The molecule has 2 atom stereocenters. The Morgan fingerprint density at radius 3 is 2.44 bits per heavy atom. The van der Waals surface area contributed by atoms with Crippen LogP contribution in [0, 0.1) is 15.5 Å². The number of hydrogen-bond donors (Lipinski definition) is 0. The maximum Gasteiger partial charge on any atom is 0.211 e. The largest absolute Gasteiger partial charge is 0.303 e. The second-order valence-corrected chi connectivity index (χ2v) is 4.85. The minimum Gasteiger partial charge on any atom is -0.303 e. The second kappa shape index (κ2) is 6.28. The van der Waals surface area contributed by atoms with Crippen LogP contribution in [0.25, 0.3) is 0 Å². The molecular formula is C14H19NO3. The summed E-state index contributed by atoms with van der Waals surface area (Å²) in [4.78, 5) is 21.9. The monoisotopic (exact) mass is 249 g/mol. The number of nitrogens with zero attached hydrogens (tertiary/aromatic N) is 1. The summed E-state index contributed by atoms with van der Waals surface area (Å²) in [6.07, 6.45) is 2.36. The van der Waals surface area contributed by atoms with E-state index in [9.17, 15) is 14.9 Å². The topological polar surface area (TPSA) is 60.2 Å². The number of hydrogen-bond acceptors (Lipinski definition) is 3. The van der Waals surface area contributed by atoms with Gasteiger partial charge in [0, 0.05) is 10.3 Å². The lowest BCUT2D eigenvalue weighted by atomic mass is 9.71. The van der Waals surface area contributed by atoms with Crippen molar-refractivity contribution in [2.75, 3.05) is 6.54 Å². The molecule has 0 fully saturated rings. The standard InChI is InChI=1S/C14H19NO3/c1-3-9-14(2,11-16)13(10-15(17)18)12-7-5-4-6-8-12/h4-8,11,13H,3,9-10H2,1-2H3/t13-,14+/m0/s1. The van der Waals surface area contributed by atoms with E-state index in [1.807, 2.05) is 44.2 Å². The Balaban J connectivity index is 3.11. The van der Waals surface area contributed by atoms with Crippen LogP contribution in [0.1, 0.15) is 38.2 Å². The fraction of sp³-hybridized carbons (Fsp3) is 0.500. The minimum absolute atomic E-state index is 0.209. The van der Waals surface area contributed by atoms with E-state index < -0.39 is 5.41 Å². The molecule has 4 nitrogen and oxygen atoms in total. The maximum absolute atomic E-state index is 11.4. The van der Waals surface area contributed by atoms with Gasteiger partial charge in [-0.1, -0.05) is 50.6 Å². The van der Waals surface area contributed by atoms with Gasteiger partial charge in [0.1, 0.15) is 6.29 Å². The first kappa shape index (κ1) is 14.4. The molecule has 1 aromatic carbocycles. The van der Waals surface area contributed by atoms with Crippen LogP contribution in [0.15, 0.2) is 30.3 Å². The quantitative estimate of drug-likeness (QED) is 0.424. The highest BCUT2D eigenvalue weighted by atomic mass is 16.6. The summed E-state index contributed by atoms with van der Waals surface area (Å²) in [6.45, 7) is 3.58. The number of benzene rings is 1. The molecule has 0 saturated carbocycles. The molecule has 0 amide bonds. The highest BCUT2D eigenvalue weighted by Crippen LogP contribution is 2.38. The van der Waals surface area contributed by atoms with Gasteiger partial charge in [-0.2, -0.15) is 0 Å². The number of carbonyl (C=O) groups excluding carboxylic acids is 1. The molecule has 0 aliphatic rings. The molecule has 98 valence electrons. The van der Waals surface area contributed by atoms with Crippen LogP contribution in [0.5, 0.6) is 0 Å². The van der Waals surface area contributed by atoms with Crippen molar-refractivity contribution >= 4 is 6.29 Å². The number of aldehydes is 1. The van der Waals surface area contributed by atoms with Crippen molar-refractivity contribution in [3.8, 4) is 0 Å². The normalized spacial score (nSPS) is 15.7. The molecule has 1 aromatic rings. The molecule has 0 heterocycles. The highest BCUT2D eigenvalue weighted by Gasteiger charge is 2.37. The second-order valence-electron chi connectivity index (χ2n) is 4.85. The number of rotatable bonds is 7. The van der Waals surface area contributed by atoms with Crippen molar-refractivity contribution < 1.29 is 9.72 Å². The van der Waals surface area contributed by atoms with Gasteiger partial charge in [0.25, 0.3) is 0 Å². The average Bonchev–Trinajstić information content (AvgIpc) is 2.37. The third-order valence-corrected chi connectivity index (χ3v) is 3.39. The fourth-order valence-electron chi connectivity index (χ4n) is 2.38. The van der Waals surface area contributed by atoms with Gasteiger partial charge in [0.2, 0.25) is 6.54 Å². The van der Waals surface area contributed by atoms with Gasteiger partial charge in [0.15, 0.2) is 0 Å². The molecule has 0 unspecified atom stereocenters. The Morgan fingerprint density at radius 1 is 1.39 bits per heavy atom. The summed E-state index contributed by atoms with van der Waals surface area (Å²) in [5, 5.41) is 10.8. The van der Waals surface area contributed by atoms with Gasteiger partial charge >= 0.3 is 0 Å². The first-order valence-electron chi connectivity index (χ1n) is 6.16. The summed E-state index contributed by atoms with van der Waals surface area (Å²) in [6, 6.07) is 9.26. The van der Waals surface area contributed by atoms with E-state index in [4.69, 9.17) is 0 Å². The summed E-state index contributed by atoms with van der Waals surface area (Å²) >= 11 is 0. The van der Waals surface area contributed by atoms with E-state index in [2.05, 4.69) is 0 Å². The Kier molecular flexibility index (Phi) is 5.01. The van der Waals surface area contributed by atoms with Crippen LogP contribution < -0.4 is 0 Å². The van der Waals surface area contributed by atoms with Crippen LogP contribution >= 0.6 is 0 Å². The first-order valence-corrected chi connectivity index (χ1v) is 6.16. The third-order valence-electron chi connectivity index (χ3n) is 3.39. The van der Waals surface area contributed by atoms with E-state index in [1.54, 1.807) is 0 Å². The molecule has 4 heteroatoms. The van der Waals surface area contributed by atoms with Crippen LogP contribution in [-0.2, 0) is 4.79 Å². The van der Waals surface area contributed by atoms with Crippen LogP contribution in [-0.4, -0.2) is 17.8 Å². The molecule has 1 rings (SSSR count). The molecule has 18 heavy (non-hydrogen) atoms. The molecule has 0 aromatic heterocycles. The van der Waals surface area contributed by atoms with Crippen LogP contribution in [0.4, 0.5) is 0 Å². The summed E-state index contributed by atoms with van der Waals surface area (Å²) in [5.74, 6) is -0.369. The molecule has 0 radical (unpaired) electrons. The Bertz CT molecular complexity index is 405. The van der Waals surface area contributed by atoms with Crippen molar-refractivity contribution in [2.45, 2.75) is 32.6 Å². The lowest BCUT2D eigenvalue weighted by Crippen LogP contribution is -2.32. The van der Waals surface area contributed by atoms with E-state index in [1.165, 1.54) is 0 Å². The zero-order valence-electron chi connectivity index (χ0n) is 10.8. The molecule has 0 spiro atoms. The Hall–Kier alpha value is -1.71. The number of carbonyl (C=O) groups is 1. The van der Waals surface area contributed by atoms with Gasteiger partial charge in [-0.05, 0) is 12.0 Å². The molecule has 0 N–H and O–H groups in total. The van der Waals surface area contributed by atoms with Crippen LogP contribution in [0.3, 0.4) is 0 Å². The van der Waals surface area contributed by atoms with E-state index >= 15 is 0 Å². The first-order chi connectivity index (χ1) is 8.53. The predicted molar refractivity (Wildman–Crippen MR) is 70.1 cm³/mol. The van der Waals surface area contributed by atoms with Gasteiger partial charge in [0.05, 0.1) is 5.92 Å². The smallest absolute Gasteiger partial charge is 0.211 e. The van der Waals surface area contributed by atoms with Crippen LogP contribution in [0.2, 0.25) is 0 Å².